The van der Waals surface area contributed by atoms with Crippen LogP contribution in [0.3, 0.4) is 0 Å². The summed E-state index contributed by atoms with van der Waals surface area (Å²) in [6.45, 7) is 5.95. The van der Waals surface area contributed by atoms with E-state index in [0.717, 1.165) is 10.0 Å². The average molecular weight is 342 g/mol. The Labute approximate surface area is 128 Å². The topological polar surface area (TPSA) is 58.6 Å². The minimum atomic E-state index is -0.484. The maximum absolute atomic E-state index is 11.4. The Kier molecular flexibility index (Phi) is 6.07. The molecule has 110 valence electrons. The summed E-state index contributed by atoms with van der Waals surface area (Å²) in [6.07, 6.45) is 3.94. The van der Waals surface area contributed by atoms with E-state index >= 15 is 0 Å². The monoisotopic (exact) mass is 341 g/mol. The maximum atomic E-state index is 11.4. The van der Waals surface area contributed by atoms with Crippen LogP contribution in [-0.4, -0.2) is 23.3 Å². The van der Waals surface area contributed by atoms with Crippen molar-refractivity contribution < 1.29 is 14.6 Å². The first kappa shape index (κ1) is 16.6. The Morgan fingerprint density at radius 2 is 2.15 bits per heavy atom. The number of ether oxygens (including phenoxy) is 1. The third-order valence-corrected chi connectivity index (χ3v) is 2.76. The van der Waals surface area contributed by atoms with E-state index in [1.165, 1.54) is 0 Å². The zero-order valence-electron chi connectivity index (χ0n) is 11.9. The van der Waals surface area contributed by atoms with Crippen molar-refractivity contribution in [3.05, 3.63) is 34.3 Å². The summed E-state index contributed by atoms with van der Waals surface area (Å²) in [4.78, 5) is 11.4. The highest BCUT2D eigenvalue weighted by Gasteiger charge is 2.15. The smallest absolute Gasteiger partial charge is 0.407 e. The van der Waals surface area contributed by atoms with Crippen molar-refractivity contribution in [2.45, 2.75) is 32.8 Å². The van der Waals surface area contributed by atoms with E-state index < -0.39 is 11.7 Å². The largest absolute Gasteiger partial charge is 0.507 e. The van der Waals surface area contributed by atoms with Crippen LogP contribution in [0.1, 0.15) is 32.8 Å². The molecule has 5 heteroatoms. The number of amides is 1. The van der Waals surface area contributed by atoms with Gasteiger partial charge >= 0.3 is 6.09 Å². The molecule has 1 rings (SSSR count). The van der Waals surface area contributed by atoms with E-state index in [-0.39, 0.29) is 5.75 Å². The third kappa shape index (κ3) is 6.61. The van der Waals surface area contributed by atoms with Crippen molar-refractivity contribution in [1.29, 1.82) is 0 Å². The first-order valence-corrected chi connectivity index (χ1v) is 7.19. The average Bonchev–Trinajstić information content (AvgIpc) is 2.30. The van der Waals surface area contributed by atoms with Crippen molar-refractivity contribution in [3.63, 3.8) is 0 Å². The highest BCUT2D eigenvalue weighted by molar-refractivity contribution is 9.10. The van der Waals surface area contributed by atoms with E-state index in [9.17, 15) is 9.90 Å². The molecule has 20 heavy (non-hydrogen) atoms. The van der Waals surface area contributed by atoms with Gasteiger partial charge in [0.2, 0.25) is 0 Å². The van der Waals surface area contributed by atoms with Crippen LogP contribution in [0.25, 0.3) is 6.08 Å². The summed E-state index contributed by atoms with van der Waals surface area (Å²) in [5.41, 5.74) is 0.249. The lowest BCUT2D eigenvalue weighted by Crippen LogP contribution is -2.32. The van der Waals surface area contributed by atoms with Gasteiger partial charge in [0, 0.05) is 16.6 Å². The molecule has 0 saturated heterocycles. The summed E-state index contributed by atoms with van der Waals surface area (Å²) >= 11 is 3.35. The van der Waals surface area contributed by atoms with Crippen LogP contribution in [0.5, 0.6) is 5.75 Å². The second kappa shape index (κ2) is 7.33. The Morgan fingerprint density at radius 3 is 2.80 bits per heavy atom. The van der Waals surface area contributed by atoms with Gasteiger partial charge in [0.1, 0.15) is 11.4 Å². The van der Waals surface area contributed by atoms with Crippen LogP contribution >= 0.6 is 15.9 Å². The zero-order chi connectivity index (χ0) is 15.2. The van der Waals surface area contributed by atoms with Gasteiger partial charge in [0.25, 0.3) is 0 Å². The number of carbonyl (C=O) groups is 1. The third-order valence-electron chi connectivity index (χ3n) is 2.27. The quantitative estimate of drug-likeness (QED) is 0.811. The minimum Gasteiger partial charge on any atom is -0.507 e. The van der Waals surface area contributed by atoms with Gasteiger partial charge in [-0.1, -0.05) is 28.1 Å². The molecule has 4 nitrogen and oxygen atoms in total. The molecular weight excluding hydrogens is 322 g/mol. The predicted octanol–water partition coefficient (Wildman–Crippen LogP) is 4.08. The number of halogens is 1. The van der Waals surface area contributed by atoms with Crippen LogP contribution in [0, 0.1) is 0 Å². The fraction of sp³-hybridized carbons (Fsp3) is 0.400. The van der Waals surface area contributed by atoms with Gasteiger partial charge < -0.3 is 15.2 Å². The molecule has 0 radical (unpaired) electrons. The van der Waals surface area contributed by atoms with Crippen LogP contribution in [0.2, 0.25) is 0 Å². The molecule has 0 bridgehead atoms. The number of phenols is 1. The molecule has 0 atom stereocenters. The highest BCUT2D eigenvalue weighted by atomic mass is 79.9. The van der Waals surface area contributed by atoms with E-state index in [4.69, 9.17) is 4.74 Å². The Balaban J connectivity index is 2.36. The molecular formula is C15H20BrNO3. The van der Waals surface area contributed by atoms with Gasteiger partial charge in [-0.15, -0.1) is 0 Å². The van der Waals surface area contributed by atoms with Crippen LogP contribution in [0.15, 0.2) is 28.7 Å². The lowest BCUT2D eigenvalue weighted by Gasteiger charge is -2.19. The second-order valence-electron chi connectivity index (χ2n) is 5.32. The fourth-order valence-electron chi connectivity index (χ4n) is 1.44. The van der Waals surface area contributed by atoms with Crippen LogP contribution in [-0.2, 0) is 4.74 Å². The highest BCUT2D eigenvalue weighted by Crippen LogP contribution is 2.23. The number of benzene rings is 1. The number of nitrogens with one attached hydrogen (secondary N) is 1. The lowest BCUT2D eigenvalue weighted by atomic mass is 10.2. The second-order valence-corrected chi connectivity index (χ2v) is 6.24. The molecule has 1 aromatic rings. The van der Waals surface area contributed by atoms with E-state index in [1.807, 2.05) is 39.0 Å². The first-order chi connectivity index (χ1) is 9.28. The molecule has 1 aromatic carbocycles. The number of hydrogen-bond acceptors (Lipinski definition) is 3. The van der Waals surface area contributed by atoms with E-state index in [1.54, 1.807) is 12.1 Å². The van der Waals surface area contributed by atoms with Crippen LogP contribution in [0.4, 0.5) is 4.79 Å². The molecule has 0 saturated carbocycles. The molecule has 2 N–H and O–H groups in total. The van der Waals surface area contributed by atoms with Crippen molar-refractivity contribution >= 4 is 28.1 Å². The SMILES string of the molecule is CC(C)(C)OC(=O)NCCC=Cc1cc(Br)ccc1O. The van der Waals surface area contributed by atoms with Gasteiger partial charge in [-0.3, -0.25) is 0 Å². The summed E-state index contributed by atoms with van der Waals surface area (Å²) in [5.74, 6) is 0.226. The minimum absolute atomic E-state index is 0.226. The summed E-state index contributed by atoms with van der Waals surface area (Å²) in [6, 6.07) is 5.23. The molecule has 1 amide bonds. The lowest BCUT2D eigenvalue weighted by molar-refractivity contribution is 0.0529. The molecule has 0 fully saturated rings. The molecule has 0 aliphatic heterocycles. The predicted molar refractivity (Wildman–Crippen MR) is 83.7 cm³/mol. The standard InChI is InChI=1S/C15H20BrNO3/c1-15(2,3)20-14(19)17-9-5-4-6-11-10-12(16)7-8-13(11)18/h4,6-8,10,18H,5,9H2,1-3H3,(H,17,19). The van der Waals surface area contributed by atoms with Gasteiger partial charge in [0.05, 0.1) is 0 Å². The summed E-state index contributed by atoms with van der Waals surface area (Å²) in [5, 5.41) is 12.3. The summed E-state index contributed by atoms with van der Waals surface area (Å²) < 4.78 is 6.02. The maximum Gasteiger partial charge on any atom is 0.407 e. The van der Waals surface area contributed by atoms with Crippen molar-refractivity contribution in [2.75, 3.05) is 6.54 Å². The number of rotatable bonds is 4. The fourth-order valence-corrected chi connectivity index (χ4v) is 1.82. The van der Waals surface area contributed by atoms with Gasteiger partial charge in [-0.25, -0.2) is 4.79 Å². The van der Waals surface area contributed by atoms with Crippen LogP contribution < -0.4 is 5.32 Å². The Morgan fingerprint density at radius 1 is 1.45 bits per heavy atom. The summed E-state index contributed by atoms with van der Waals surface area (Å²) in [7, 11) is 0. The van der Waals surface area contributed by atoms with Crippen molar-refractivity contribution in [1.82, 2.24) is 5.32 Å². The number of aromatic hydroxyl groups is 1. The molecule has 0 aliphatic carbocycles. The number of carbonyl (C=O) groups excluding carboxylic acids is 1. The first-order valence-electron chi connectivity index (χ1n) is 6.40. The number of alkyl carbamates (subject to hydrolysis) is 1. The normalized spacial score (nSPS) is 11.6. The molecule has 0 heterocycles. The Hall–Kier alpha value is -1.49. The van der Waals surface area contributed by atoms with Gasteiger partial charge in [-0.05, 0) is 45.4 Å². The van der Waals surface area contributed by atoms with Gasteiger partial charge in [0.15, 0.2) is 0 Å². The number of phenolic OH excluding ortho intramolecular Hbond substituents is 1. The van der Waals surface area contributed by atoms with Gasteiger partial charge in [-0.2, -0.15) is 0 Å². The molecule has 0 aliphatic rings. The van der Waals surface area contributed by atoms with Crippen molar-refractivity contribution in [3.8, 4) is 5.75 Å². The molecule has 0 aromatic heterocycles. The van der Waals surface area contributed by atoms with E-state index in [2.05, 4.69) is 21.2 Å². The molecule has 0 spiro atoms. The number of hydrogen-bond donors (Lipinski definition) is 2. The van der Waals surface area contributed by atoms with Crippen molar-refractivity contribution in [2.24, 2.45) is 0 Å². The zero-order valence-corrected chi connectivity index (χ0v) is 13.5. The molecule has 0 unspecified atom stereocenters. The Bertz CT molecular complexity index is 492. The van der Waals surface area contributed by atoms with E-state index in [0.29, 0.717) is 13.0 Å².